The number of aryl methyl sites for hydroxylation is 1. The first-order valence-electron chi connectivity index (χ1n) is 4.27. The summed E-state index contributed by atoms with van der Waals surface area (Å²) in [4.78, 5) is 4.23. The molecule has 0 saturated carbocycles. The fourth-order valence-corrected chi connectivity index (χ4v) is 1.47. The van der Waals surface area contributed by atoms with E-state index in [0.717, 1.165) is 5.69 Å². The maximum atomic E-state index is 9.66. The molecule has 0 amide bonds. The van der Waals surface area contributed by atoms with Gasteiger partial charge in [-0.05, 0) is 6.92 Å². The molecule has 2 heterocycles. The van der Waals surface area contributed by atoms with Crippen LogP contribution < -0.4 is 5.73 Å². The van der Waals surface area contributed by atoms with E-state index in [1.165, 1.54) is 6.33 Å². The standard InChI is InChI=1S/C8H11N5O/c1-5-8(6(14)2-9)13-4-11-10-3-7(13)12-5/h3-4,6,14H,2,9H2,1H3. The molecule has 74 valence electrons. The third-order valence-corrected chi connectivity index (χ3v) is 2.11. The van der Waals surface area contributed by atoms with Crippen LogP contribution in [0.2, 0.25) is 0 Å². The lowest BCUT2D eigenvalue weighted by Crippen LogP contribution is -2.14. The number of rotatable bonds is 2. The van der Waals surface area contributed by atoms with Gasteiger partial charge in [0.05, 0.1) is 17.6 Å². The maximum Gasteiger partial charge on any atom is 0.158 e. The van der Waals surface area contributed by atoms with E-state index in [2.05, 4.69) is 15.2 Å². The Kier molecular flexibility index (Phi) is 2.14. The number of hydrogen-bond acceptors (Lipinski definition) is 5. The Morgan fingerprint density at radius 3 is 3.07 bits per heavy atom. The minimum Gasteiger partial charge on any atom is -0.385 e. The Labute approximate surface area is 80.4 Å². The summed E-state index contributed by atoms with van der Waals surface area (Å²) >= 11 is 0. The molecule has 6 nitrogen and oxygen atoms in total. The zero-order chi connectivity index (χ0) is 10.1. The van der Waals surface area contributed by atoms with Gasteiger partial charge < -0.3 is 10.8 Å². The molecule has 0 aliphatic carbocycles. The summed E-state index contributed by atoms with van der Waals surface area (Å²) in [6.45, 7) is 1.98. The second-order valence-electron chi connectivity index (χ2n) is 3.04. The van der Waals surface area contributed by atoms with Gasteiger partial charge in [0.25, 0.3) is 0 Å². The van der Waals surface area contributed by atoms with Crippen molar-refractivity contribution >= 4 is 5.65 Å². The number of nitrogens with zero attached hydrogens (tertiary/aromatic N) is 4. The SMILES string of the molecule is Cc1nc2cnncn2c1C(O)CN. The van der Waals surface area contributed by atoms with Crippen LogP contribution in [0, 0.1) is 6.92 Å². The molecule has 2 rings (SSSR count). The highest BCUT2D eigenvalue weighted by Gasteiger charge is 2.15. The zero-order valence-corrected chi connectivity index (χ0v) is 7.75. The first kappa shape index (κ1) is 9.04. The molecule has 2 aromatic rings. The average molecular weight is 193 g/mol. The van der Waals surface area contributed by atoms with Crippen LogP contribution in [0.1, 0.15) is 17.5 Å². The van der Waals surface area contributed by atoms with Gasteiger partial charge in [-0.3, -0.25) is 4.40 Å². The highest BCUT2D eigenvalue weighted by molar-refractivity contribution is 5.40. The molecule has 6 heteroatoms. The van der Waals surface area contributed by atoms with Crippen LogP contribution in [-0.4, -0.2) is 31.2 Å². The predicted octanol–water partition coefficient (Wildman–Crippen LogP) is -0.575. The molecular weight excluding hydrogens is 182 g/mol. The van der Waals surface area contributed by atoms with Crippen LogP contribution in [0.4, 0.5) is 0 Å². The van der Waals surface area contributed by atoms with Gasteiger partial charge in [-0.1, -0.05) is 0 Å². The Balaban J connectivity index is 2.67. The molecule has 14 heavy (non-hydrogen) atoms. The lowest BCUT2D eigenvalue weighted by atomic mass is 10.2. The van der Waals surface area contributed by atoms with E-state index in [-0.39, 0.29) is 6.54 Å². The van der Waals surface area contributed by atoms with Crippen LogP contribution >= 0.6 is 0 Å². The second kappa shape index (κ2) is 3.32. The van der Waals surface area contributed by atoms with Crippen molar-refractivity contribution in [1.82, 2.24) is 19.6 Å². The van der Waals surface area contributed by atoms with Gasteiger partial charge in [0, 0.05) is 6.54 Å². The van der Waals surface area contributed by atoms with E-state index in [4.69, 9.17) is 5.73 Å². The summed E-state index contributed by atoms with van der Waals surface area (Å²) in [6.07, 6.45) is 2.35. The number of hydrogen-bond donors (Lipinski definition) is 2. The lowest BCUT2D eigenvalue weighted by molar-refractivity contribution is 0.180. The molecule has 0 bridgehead atoms. The Bertz CT molecular complexity index is 452. The van der Waals surface area contributed by atoms with Crippen LogP contribution in [0.25, 0.3) is 5.65 Å². The van der Waals surface area contributed by atoms with Gasteiger partial charge in [-0.15, -0.1) is 5.10 Å². The normalized spacial score (nSPS) is 13.4. The monoisotopic (exact) mass is 193 g/mol. The van der Waals surface area contributed by atoms with Crippen molar-refractivity contribution < 1.29 is 5.11 Å². The molecule has 0 spiro atoms. The fraction of sp³-hybridized carbons (Fsp3) is 0.375. The topological polar surface area (TPSA) is 89.3 Å². The third kappa shape index (κ3) is 1.24. The minimum atomic E-state index is -0.714. The van der Waals surface area contributed by atoms with E-state index in [9.17, 15) is 5.11 Å². The number of nitrogens with two attached hydrogens (primary N) is 1. The van der Waals surface area contributed by atoms with Crippen molar-refractivity contribution in [2.24, 2.45) is 5.73 Å². The number of fused-ring (bicyclic) bond motifs is 1. The van der Waals surface area contributed by atoms with Gasteiger partial charge in [0.2, 0.25) is 0 Å². The first-order chi connectivity index (χ1) is 6.74. The Morgan fingerprint density at radius 1 is 1.57 bits per heavy atom. The molecule has 0 aromatic carbocycles. The quantitative estimate of drug-likeness (QED) is 0.666. The first-order valence-corrected chi connectivity index (χ1v) is 4.27. The van der Waals surface area contributed by atoms with E-state index in [1.807, 2.05) is 6.92 Å². The lowest BCUT2D eigenvalue weighted by Gasteiger charge is -2.07. The molecular formula is C8H11N5O. The summed E-state index contributed by atoms with van der Waals surface area (Å²) in [5, 5.41) is 17.1. The molecule has 0 radical (unpaired) electrons. The van der Waals surface area contributed by atoms with E-state index in [0.29, 0.717) is 11.3 Å². The number of aliphatic hydroxyl groups is 1. The summed E-state index contributed by atoms with van der Waals surface area (Å²) in [5.41, 5.74) is 7.49. The molecule has 2 aromatic heterocycles. The van der Waals surface area contributed by atoms with Gasteiger partial charge in [0.15, 0.2) is 5.65 Å². The predicted molar refractivity (Wildman–Crippen MR) is 49.5 cm³/mol. The van der Waals surface area contributed by atoms with E-state index in [1.54, 1.807) is 10.6 Å². The fourth-order valence-electron chi connectivity index (χ4n) is 1.47. The largest absolute Gasteiger partial charge is 0.385 e. The number of aliphatic hydroxyl groups excluding tert-OH is 1. The summed E-state index contributed by atoms with van der Waals surface area (Å²) < 4.78 is 1.69. The van der Waals surface area contributed by atoms with E-state index >= 15 is 0 Å². The Morgan fingerprint density at radius 2 is 2.36 bits per heavy atom. The zero-order valence-electron chi connectivity index (χ0n) is 7.75. The molecule has 0 fully saturated rings. The number of aromatic nitrogens is 4. The molecule has 3 N–H and O–H groups in total. The van der Waals surface area contributed by atoms with Crippen molar-refractivity contribution in [3.63, 3.8) is 0 Å². The van der Waals surface area contributed by atoms with Crippen LogP contribution in [0.5, 0.6) is 0 Å². The molecule has 0 aliphatic rings. The van der Waals surface area contributed by atoms with Gasteiger partial charge >= 0.3 is 0 Å². The number of imidazole rings is 1. The minimum absolute atomic E-state index is 0.164. The highest BCUT2D eigenvalue weighted by atomic mass is 16.3. The molecule has 1 unspecified atom stereocenters. The molecule has 0 aliphatic heterocycles. The summed E-state index contributed by atoms with van der Waals surface area (Å²) in [5.74, 6) is 0. The maximum absolute atomic E-state index is 9.66. The summed E-state index contributed by atoms with van der Waals surface area (Å²) in [6, 6.07) is 0. The third-order valence-electron chi connectivity index (χ3n) is 2.11. The van der Waals surface area contributed by atoms with E-state index < -0.39 is 6.10 Å². The smallest absolute Gasteiger partial charge is 0.158 e. The van der Waals surface area contributed by atoms with Crippen molar-refractivity contribution in [3.8, 4) is 0 Å². The molecule has 0 saturated heterocycles. The van der Waals surface area contributed by atoms with Crippen molar-refractivity contribution in [2.45, 2.75) is 13.0 Å². The average Bonchev–Trinajstić information content (AvgIpc) is 2.53. The highest BCUT2D eigenvalue weighted by Crippen LogP contribution is 2.17. The van der Waals surface area contributed by atoms with Crippen LogP contribution in [0.3, 0.4) is 0 Å². The van der Waals surface area contributed by atoms with Crippen molar-refractivity contribution in [3.05, 3.63) is 23.9 Å². The van der Waals surface area contributed by atoms with Gasteiger partial charge in [-0.2, -0.15) is 5.10 Å². The van der Waals surface area contributed by atoms with Crippen LogP contribution in [0.15, 0.2) is 12.5 Å². The summed E-state index contributed by atoms with van der Waals surface area (Å²) in [7, 11) is 0. The van der Waals surface area contributed by atoms with Crippen LogP contribution in [-0.2, 0) is 0 Å². The molecule has 1 atom stereocenters. The Hall–Kier alpha value is -1.53. The van der Waals surface area contributed by atoms with Crippen molar-refractivity contribution in [1.29, 1.82) is 0 Å². The van der Waals surface area contributed by atoms with Gasteiger partial charge in [0.1, 0.15) is 12.4 Å². The van der Waals surface area contributed by atoms with Gasteiger partial charge in [-0.25, -0.2) is 4.98 Å². The second-order valence-corrected chi connectivity index (χ2v) is 3.04. The van der Waals surface area contributed by atoms with Crippen molar-refractivity contribution in [2.75, 3.05) is 6.54 Å².